The van der Waals surface area contributed by atoms with Crippen molar-refractivity contribution in [3.8, 4) is 0 Å². The number of rotatable bonds is 3. The number of carboxylic acid groups (broad SMARTS) is 1. The zero-order chi connectivity index (χ0) is 14.7. The van der Waals surface area contributed by atoms with E-state index in [4.69, 9.17) is 5.11 Å². The molecule has 0 aromatic carbocycles. The number of aliphatic carboxylic acids is 1. The van der Waals surface area contributed by atoms with Crippen LogP contribution in [-0.4, -0.2) is 52.3 Å². The van der Waals surface area contributed by atoms with Gasteiger partial charge in [0.15, 0.2) is 0 Å². The molecule has 0 spiro atoms. The largest absolute Gasteiger partial charge is 0.480 e. The van der Waals surface area contributed by atoms with Crippen LogP contribution in [0.2, 0.25) is 0 Å². The number of β-amino-alcohol motifs (C(OH)–C–C–N with tert-alkyl or cyclic N) is 1. The first-order valence-electron chi connectivity index (χ1n) is 7.42. The lowest BCUT2D eigenvalue weighted by molar-refractivity contribution is -0.141. The fourth-order valence-corrected chi connectivity index (χ4v) is 3.35. The minimum absolute atomic E-state index is 0.101. The van der Waals surface area contributed by atoms with Crippen LogP contribution in [0.3, 0.4) is 0 Å². The first-order valence-corrected chi connectivity index (χ1v) is 7.42. The third-order valence-corrected chi connectivity index (χ3v) is 4.41. The number of nitrogens with zero attached hydrogens (tertiary/aromatic N) is 1. The Bertz CT molecular complexity index is 374. The molecule has 3 N–H and O–H groups in total. The minimum atomic E-state index is -1.05. The highest BCUT2D eigenvalue weighted by molar-refractivity contribution is 5.83. The van der Waals surface area contributed by atoms with Gasteiger partial charge in [-0.15, -0.1) is 0 Å². The van der Waals surface area contributed by atoms with E-state index in [2.05, 4.69) is 12.2 Å². The number of aliphatic hydroxyl groups is 1. The summed E-state index contributed by atoms with van der Waals surface area (Å²) in [5.41, 5.74) is 0. The maximum atomic E-state index is 12.1. The van der Waals surface area contributed by atoms with Gasteiger partial charge in [0.25, 0.3) is 0 Å². The van der Waals surface area contributed by atoms with Gasteiger partial charge in [-0.05, 0) is 24.7 Å². The highest BCUT2D eigenvalue weighted by Gasteiger charge is 2.39. The average Bonchev–Trinajstić information content (AvgIpc) is 2.78. The van der Waals surface area contributed by atoms with Gasteiger partial charge >= 0.3 is 12.0 Å². The van der Waals surface area contributed by atoms with Gasteiger partial charge in [0.1, 0.15) is 6.04 Å². The van der Waals surface area contributed by atoms with E-state index < -0.39 is 18.1 Å². The minimum Gasteiger partial charge on any atom is -0.480 e. The monoisotopic (exact) mass is 284 g/mol. The smallest absolute Gasteiger partial charge is 0.326 e. The fraction of sp³-hybridized carbons (Fsp3) is 0.857. The number of carbonyl (C=O) groups is 2. The molecule has 6 nitrogen and oxygen atoms in total. The van der Waals surface area contributed by atoms with Crippen molar-refractivity contribution < 1.29 is 19.8 Å². The van der Waals surface area contributed by atoms with Crippen molar-refractivity contribution in [2.75, 3.05) is 13.1 Å². The number of aliphatic hydroxyl groups excluding tert-OH is 1. The molecule has 0 aromatic heterocycles. The summed E-state index contributed by atoms with van der Waals surface area (Å²) in [5.74, 6) is 0.132. The van der Waals surface area contributed by atoms with Crippen LogP contribution in [0.25, 0.3) is 0 Å². The Labute approximate surface area is 119 Å². The van der Waals surface area contributed by atoms with E-state index in [1.54, 1.807) is 0 Å². The molecule has 4 atom stereocenters. The molecule has 0 bridgehead atoms. The summed E-state index contributed by atoms with van der Waals surface area (Å²) in [6.45, 7) is 2.93. The van der Waals surface area contributed by atoms with E-state index >= 15 is 0 Å². The number of carboxylic acids is 1. The number of carbonyl (C=O) groups excluding carboxylic acids is 1. The zero-order valence-corrected chi connectivity index (χ0v) is 11.9. The third kappa shape index (κ3) is 3.62. The maximum absolute atomic E-state index is 12.1. The number of hydrogen-bond acceptors (Lipinski definition) is 3. The maximum Gasteiger partial charge on any atom is 0.326 e. The molecule has 1 saturated heterocycles. The van der Waals surface area contributed by atoms with Crippen molar-refractivity contribution in [2.45, 2.75) is 51.2 Å². The summed E-state index contributed by atoms with van der Waals surface area (Å²) >= 11 is 0. The summed E-state index contributed by atoms with van der Waals surface area (Å²) in [5, 5.41) is 21.4. The van der Waals surface area contributed by atoms with Crippen molar-refractivity contribution in [3.63, 3.8) is 0 Å². The number of likely N-dealkylation sites (tertiary alicyclic amines) is 1. The Balaban J connectivity index is 1.83. The first kappa shape index (κ1) is 15.1. The standard InChI is InChI=1S/C14H24N2O4/c1-9-3-2-4-10(5-9)7-15-14(20)16-8-11(17)6-12(16)13(18)19/h9-12,17H,2-8H2,1H3,(H,15,20)(H,18,19). The Morgan fingerprint density at radius 1 is 1.30 bits per heavy atom. The van der Waals surface area contributed by atoms with Gasteiger partial charge in [-0.3, -0.25) is 0 Å². The summed E-state index contributed by atoms with van der Waals surface area (Å²) in [7, 11) is 0. The van der Waals surface area contributed by atoms with Crippen LogP contribution in [0.1, 0.15) is 39.0 Å². The molecule has 114 valence electrons. The Morgan fingerprint density at radius 3 is 2.70 bits per heavy atom. The molecule has 2 fully saturated rings. The van der Waals surface area contributed by atoms with Crippen molar-refractivity contribution in [3.05, 3.63) is 0 Å². The van der Waals surface area contributed by atoms with E-state index in [1.807, 2.05) is 0 Å². The van der Waals surface area contributed by atoms with Crippen LogP contribution in [0.15, 0.2) is 0 Å². The predicted octanol–water partition coefficient (Wildman–Crippen LogP) is 1.04. The molecule has 1 saturated carbocycles. The van der Waals surface area contributed by atoms with Crippen LogP contribution >= 0.6 is 0 Å². The van der Waals surface area contributed by atoms with Gasteiger partial charge in [-0.2, -0.15) is 0 Å². The summed E-state index contributed by atoms with van der Waals surface area (Å²) in [6.07, 6.45) is 4.06. The molecule has 0 aromatic rings. The van der Waals surface area contributed by atoms with Gasteiger partial charge in [-0.1, -0.05) is 19.8 Å². The second kappa shape index (κ2) is 6.43. The number of hydrogen-bond donors (Lipinski definition) is 3. The van der Waals surface area contributed by atoms with Gasteiger partial charge < -0.3 is 20.4 Å². The van der Waals surface area contributed by atoms with Crippen LogP contribution in [-0.2, 0) is 4.79 Å². The normalized spacial score (nSPS) is 34.0. The van der Waals surface area contributed by atoms with Gasteiger partial charge in [0.05, 0.1) is 6.10 Å². The summed E-state index contributed by atoms with van der Waals surface area (Å²) in [4.78, 5) is 24.4. The first-order chi connectivity index (χ1) is 9.47. The van der Waals surface area contributed by atoms with Crippen molar-refractivity contribution in [1.82, 2.24) is 10.2 Å². The summed E-state index contributed by atoms with van der Waals surface area (Å²) < 4.78 is 0. The van der Waals surface area contributed by atoms with Crippen LogP contribution in [0.4, 0.5) is 4.79 Å². The highest BCUT2D eigenvalue weighted by Crippen LogP contribution is 2.28. The van der Waals surface area contributed by atoms with E-state index in [0.29, 0.717) is 18.4 Å². The van der Waals surface area contributed by atoms with E-state index in [9.17, 15) is 14.7 Å². The van der Waals surface area contributed by atoms with Crippen LogP contribution in [0.5, 0.6) is 0 Å². The average molecular weight is 284 g/mol. The molecule has 1 aliphatic heterocycles. The lowest BCUT2D eigenvalue weighted by Crippen LogP contribution is -2.47. The zero-order valence-electron chi connectivity index (χ0n) is 11.9. The fourth-order valence-electron chi connectivity index (χ4n) is 3.35. The Morgan fingerprint density at radius 2 is 2.05 bits per heavy atom. The Hall–Kier alpha value is -1.30. The highest BCUT2D eigenvalue weighted by atomic mass is 16.4. The molecule has 1 aliphatic carbocycles. The topological polar surface area (TPSA) is 89.9 Å². The quantitative estimate of drug-likeness (QED) is 0.722. The lowest BCUT2D eigenvalue weighted by Gasteiger charge is -2.28. The van der Waals surface area contributed by atoms with Gasteiger partial charge in [0.2, 0.25) is 0 Å². The molecular formula is C14H24N2O4. The molecule has 6 heteroatoms. The van der Waals surface area contributed by atoms with E-state index in [1.165, 1.54) is 17.7 Å². The van der Waals surface area contributed by atoms with Crippen molar-refractivity contribution in [1.29, 1.82) is 0 Å². The predicted molar refractivity (Wildman–Crippen MR) is 73.3 cm³/mol. The van der Waals surface area contributed by atoms with E-state index in [0.717, 1.165) is 12.8 Å². The second-order valence-corrected chi connectivity index (χ2v) is 6.22. The van der Waals surface area contributed by atoms with Gasteiger partial charge in [-0.25, -0.2) is 9.59 Å². The molecule has 1 heterocycles. The molecule has 4 unspecified atom stereocenters. The van der Waals surface area contributed by atoms with E-state index in [-0.39, 0.29) is 19.0 Å². The number of nitrogens with one attached hydrogen (secondary N) is 1. The van der Waals surface area contributed by atoms with Crippen LogP contribution < -0.4 is 5.32 Å². The number of urea groups is 1. The Kier molecular flexibility index (Phi) is 4.86. The molecule has 2 amide bonds. The third-order valence-electron chi connectivity index (χ3n) is 4.41. The second-order valence-electron chi connectivity index (χ2n) is 6.22. The molecule has 2 aliphatic rings. The SMILES string of the molecule is CC1CCCC(CNC(=O)N2CC(O)CC2C(=O)O)C1. The molecule has 20 heavy (non-hydrogen) atoms. The van der Waals surface area contributed by atoms with Crippen molar-refractivity contribution >= 4 is 12.0 Å². The molecule has 0 radical (unpaired) electrons. The number of amides is 2. The lowest BCUT2D eigenvalue weighted by atomic mass is 9.82. The summed E-state index contributed by atoms with van der Waals surface area (Å²) in [6, 6.07) is -1.28. The van der Waals surface area contributed by atoms with Crippen molar-refractivity contribution in [2.24, 2.45) is 11.8 Å². The van der Waals surface area contributed by atoms with Gasteiger partial charge in [0, 0.05) is 19.5 Å². The molecule has 2 rings (SSSR count). The van der Waals surface area contributed by atoms with Crippen LogP contribution in [0, 0.1) is 11.8 Å². The molecular weight excluding hydrogens is 260 g/mol.